The summed E-state index contributed by atoms with van der Waals surface area (Å²) < 4.78 is 7.58. The number of aromatic hydroxyl groups is 1. The molecule has 1 N–H and O–H groups in total. The van der Waals surface area contributed by atoms with Crippen LogP contribution in [0.2, 0.25) is 5.02 Å². The van der Waals surface area contributed by atoms with E-state index in [4.69, 9.17) is 16.3 Å². The average Bonchev–Trinajstić information content (AvgIpc) is 2.91. The van der Waals surface area contributed by atoms with Crippen molar-refractivity contribution in [3.05, 3.63) is 94.4 Å². The van der Waals surface area contributed by atoms with Crippen molar-refractivity contribution in [1.82, 2.24) is 14.7 Å². The highest BCUT2D eigenvalue weighted by Gasteiger charge is 2.23. The second-order valence-electron chi connectivity index (χ2n) is 8.65. The number of benzene rings is 3. The third kappa shape index (κ3) is 5.08. The summed E-state index contributed by atoms with van der Waals surface area (Å²) in [5.74, 6) is 1.01. The van der Waals surface area contributed by atoms with E-state index in [1.165, 1.54) is 4.68 Å². The van der Waals surface area contributed by atoms with Gasteiger partial charge in [-0.3, -0.25) is 4.79 Å². The summed E-state index contributed by atoms with van der Waals surface area (Å²) in [7, 11) is 0. The molecule has 36 heavy (non-hydrogen) atoms. The van der Waals surface area contributed by atoms with E-state index >= 15 is 0 Å². The lowest BCUT2D eigenvalue weighted by Crippen LogP contribution is -2.46. The normalized spacial score (nSPS) is 14.1. The van der Waals surface area contributed by atoms with E-state index in [1.807, 2.05) is 36.4 Å². The van der Waals surface area contributed by atoms with Crippen LogP contribution >= 0.6 is 11.6 Å². The Morgan fingerprint density at radius 2 is 1.50 bits per heavy atom. The Kier molecular flexibility index (Phi) is 6.93. The Labute approximate surface area is 214 Å². The third-order valence-electron chi connectivity index (χ3n) is 6.42. The maximum Gasteiger partial charge on any atom is 0.316 e. The van der Waals surface area contributed by atoms with Crippen molar-refractivity contribution in [2.24, 2.45) is 0 Å². The summed E-state index contributed by atoms with van der Waals surface area (Å²) in [6, 6.07) is 21.5. The summed E-state index contributed by atoms with van der Waals surface area (Å²) in [6.45, 7) is 6.56. The topological polar surface area (TPSA) is 70.8 Å². The molecular formula is C28H27ClN4O3. The Morgan fingerprint density at radius 1 is 0.889 bits per heavy atom. The second kappa shape index (κ2) is 10.4. The number of nitrogens with zero attached hydrogens (tertiary/aromatic N) is 4. The number of halogens is 1. The van der Waals surface area contributed by atoms with Crippen LogP contribution in [0.5, 0.6) is 17.2 Å². The molecule has 1 saturated heterocycles. The molecule has 7 nitrogen and oxygen atoms in total. The van der Waals surface area contributed by atoms with Gasteiger partial charge in [-0.05, 0) is 66.2 Å². The lowest BCUT2D eigenvalue weighted by atomic mass is 10.1. The fraction of sp³-hybridized carbons (Fsp3) is 0.214. The van der Waals surface area contributed by atoms with Crippen LogP contribution in [0, 0.1) is 0 Å². The molecule has 3 aromatic carbocycles. The molecule has 1 aromatic heterocycles. The summed E-state index contributed by atoms with van der Waals surface area (Å²) in [6.07, 6.45) is 1.71. The number of phenols is 1. The van der Waals surface area contributed by atoms with Gasteiger partial charge in [0.15, 0.2) is 0 Å². The van der Waals surface area contributed by atoms with E-state index in [-0.39, 0.29) is 17.1 Å². The molecule has 8 heteroatoms. The zero-order valence-electron chi connectivity index (χ0n) is 20.0. The van der Waals surface area contributed by atoms with Gasteiger partial charge in [-0.1, -0.05) is 42.8 Å². The number of piperazine rings is 1. The maximum absolute atomic E-state index is 13.6. The van der Waals surface area contributed by atoms with Crippen molar-refractivity contribution < 1.29 is 9.84 Å². The van der Waals surface area contributed by atoms with Crippen LogP contribution in [-0.4, -0.2) is 52.5 Å². The number of rotatable bonds is 6. The molecule has 0 spiro atoms. The molecule has 0 amide bonds. The number of aromatic nitrogens is 2. The third-order valence-corrected chi connectivity index (χ3v) is 6.67. The first-order valence-corrected chi connectivity index (χ1v) is 12.3. The van der Waals surface area contributed by atoms with E-state index in [0.29, 0.717) is 22.1 Å². The molecule has 184 valence electrons. The zero-order valence-corrected chi connectivity index (χ0v) is 20.7. The quantitative estimate of drug-likeness (QED) is 0.391. The summed E-state index contributed by atoms with van der Waals surface area (Å²) in [4.78, 5) is 18.2. The number of anilines is 1. The number of hydrogen-bond donors (Lipinski definition) is 1. The Bertz CT molecular complexity index is 1380. The second-order valence-corrected chi connectivity index (χ2v) is 9.08. The minimum atomic E-state index is -0.338. The van der Waals surface area contributed by atoms with Gasteiger partial charge in [-0.15, -0.1) is 0 Å². The molecule has 0 radical (unpaired) electrons. The standard InChI is InChI=1S/C28H27ClN4O3/c1-2-31-15-17-32(18-16-31)26-19-30-33(23-9-7-22(29)8-10-23)28(35)27(26)36-25-13-5-21(6-14-25)20-3-11-24(34)12-4-20/h3-14,19,34H,2,15-18H2,1H3. The van der Waals surface area contributed by atoms with Crippen LogP contribution in [0.25, 0.3) is 16.8 Å². The van der Waals surface area contributed by atoms with Crippen LogP contribution in [0.3, 0.4) is 0 Å². The van der Waals surface area contributed by atoms with Gasteiger partial charge in [0, 0.05) is 31.2 Å². The Hall–Kier alpha value is -3.81. The first-order chi connectivity index (χ1) is 17.5. The van der Waals surface area contributed by atoms with Crippen LogP contribution < -0.4 is 15.2 Å². The average molecular weight is 503 g/mol. The first kappa shape index (κ1) is 23.9. The number of ether oxygens (including phenoxy) is 1. The number of hydrogen-bond acceptors (Lipinski definition) is 6. The van der Waals surface area contributed by atoms with Gasteiger partial charge in [0.1, 0.15) is 17.2 Å². The van der Waals surface area contributed by atoms with Crippen molar-refractivity contribution in [2.75, 3.05) is 37.6 Å². The van der Waals surface area contributed by atoms with Gasteiger partial charge in [0.05, 0.1) is 11.9 Å². The molecule has 0 aliphatic carbocycles. The van der Waals surface area contributed by atoms with E-state index in [1.54, 1.807) is 42.6 Å². The van der Waals surface area contributed by atoms with E-state index < -0.39 is 0 Å². The van der Waals surface area contributed by atoms with E-state index in [0.717, 1.165) is 43.9 Å². The molecular weight excluding hydrogens is 476 g/mol. The molecule has 0 atom stereocenters. The summed E-state index contributed by atoms with van der Waals surface area (Å²) in [5, 5.41) is 14.6. The molecule has 2 heterocycles. The predicted octanol–water partition coefficient (Wildman–Crippen LogP) is 5.19. The van der Waals surface area contributed by atoms with Gasteiger partial charge >= 0.3 is 5.56 Å². The minimum Gasteiger partial charge on any atom is -0.508 e. The SMILES string of the molecule is CCN1CCN(c2cnn(-c3ccc(Cl)cc3)c(=O)c2Oc2ccc(-c3ccc(O)cc3)cc2)CC1. The van der Waals surface area contributed by atoms with Crippen LogP contribution in [0.15, 0.2) is 83.8 Å². The number of likely N-dealkylation sites (N-methyl/N-ethyl adjacent to an activating group) is 1. The van der Waals surface area contributed by atoms with Gasteiger partial charge in [-0.2, -0.15) is 9.78 Å². The van der Waals surface area contributed by atoms with Gasteiger partial charge in [0.25, 0.3) is 0 Å². The van der Waals surface area contributed by atoms with Crippen LogP contribution in [0.4, 0.5) is 5.69 Å². The van der Waals surface area contributed by atoms with Crippen LogP contribution in [-0.2, 0) is 0 Å². The van der Waals surface area contributed by atoms with Gasteiger partial charge < -0.3 is 19.6 Å². The fourth-order valence-corrected chi connectivity index (χ4v) is 4.43. The zero-order chi connectivity index (χ0) is 25.1. The monoisotopic (exact) mass is 502 g/mol. The smallest absolute Gasteiger partial charge is 0.316 e. The molecule has 1 aliphatic rings. The predicted molar refractivity (Wildman–Crippen MR) is 143 cm³/mol. The maximum atomic E-state index is 13.6. The summed E-state index contributed by atoms with van der Waals surface area (Å²) >= 11 is 6.04. The van der Waals surface area contributed by atoms with Crippen molar-refractivity contribution >= 4 is 17.3 Å². The Balaban J connectivity index is 1.49. The lowest BCUT2D eigenvalue weighted by Gasteiger charge is -2.35. The van der Waals surface area contributed by atoms with Gasteiger partial charge in [0.2, 0.25) is 5.75 Å². The van der Waals surface area contributed by atoms with Crippen molar-refractivity contribution in [2.45, 2.75) is 6.92 Å². The molecule has 1 aliphatic heterocycles. The highest BCUT2D eigenvalue weighted by Crippen LogP contribution is 2.31. The van der Waals surface area contributed by atoms with Crippen molar-refractivity contribution in [3.63, 3.8) is 0 Å². The van der Waals surface area contributed by atoms with Gasteiger partial charge in [-0.25, -0.2) is 0 Å². The molecule has 1 fully saturated rings. The molecule has 0 saturated carbocycles. The van der Waals surface area contributed by atoms with Crippen molar-refractivity contribution in [1.29, 1.82) is 0 Å². The lowest BCUT2D eigenvalue weighted by molar-refractivity contribution is 0.270. The highest BCUT2D eigenvalue weighted by molar-refractivity contribution is 6.30. The molecule has 0 bridgehead atoms. The first-order valence-electron chi connectivity index (χ1n) is 11.9. The summed E-state index contributed by atoms with van der Waals surface area (Å²) in [5.41, 5.74) is 2.91. The fourth-order valence-electron chi connectivity index (χ4n) is 4.31. The Morgan fingerprint density at radius 3 is 2.11 bits per heavy atom. The van der Waals surface area contributed by atoms with E-state index in [2.05, 4.69) is 21.8 Å². The number of phenolic OH excluding ortho intramolecular Hbond substituents is 1. The largest absolute Gasteiger partial charge is 0.508 e. The minimum absolute atomic E-state index is 0.223. The van der Waals surface area contributed by atoms with Crippen LogP contribution in [0.1, 0.15) is 6.92 Å². The highest BCUT2D eigenvalue weighted by atomic mass is 35.5. The van der Waals surface area contributed by atoms with E-state index in [9.17, 15) is 9.90 Å². The molecule has 5 rings (SSSR count). The van der Waals surface area contributed by atoms with Crippen molar-refractivity contribution in [3.8, 4) is 34.1 Å². The molecule has 4 aromatic rings. The molecule has 0 unspecified atom stereocenters.